The fraction of sp³-hybridized carbons (Fsp3) is 0.176. The Morgan fingerprint density at radius 2 is 1.88 bits per heavy atom. The minimum Gasteiger partial charge on any atom is -0.376 e. The van der Waals surface area contributed by atoms with Crippen molar-refractivity contribution in [3.63, 3.8) is 0 Å². The molecule has 2 N–H and O–H groups in total. The van der Waals surface area contributed by atoms with Crippen molar-refractivity contribution in [3.05, 3.63) is 64.1 Å². The molecule has 0 radical (unpaired) electrons. The first-order valence-electron chi connectivity index (χ1n) is 7.26. The van der Waals surface area contributed by atoms with Gasteiger partial charge in [-0.3, -0.25) is 4.79 Å². The van der Waals surface area contributed by atoms with E-state index in [1.807, 2.05) is 24.3 Å². The lowest BCUT2D eigenvalue weighted by atomic mass is 10.1. The number of nitrogens with one attached hydrogen (secondary N) is 2. The Kier molecular flexibility index (Phi) is 6.19. The monoisotopic (exact) mass is 413 g/mol. The van der Waals surface area contributed by atoms with Gasteiger partial charge in [0, 0.05) is 10.2 Å². The highest BCUT2D eigenvalue weighted by molar-refractivity contribution is 9.10. The highest BCUT2D eigenvalue weighted by Crippen LogP contribution is 2.30. The van der Waals surface area contributed by atoms with Crippen molar-refractivity contribution >= 4 is 33.2 Å². The summed E-state index contributed by atoms with van der Waals surface area (Å²) in [4.78, 5) is 11.8. The third-order valence-corrected chi connectivity index (χ3v) is 3.73. The van der Waals surface area contributed by atoms with Gasteiger partial charge in [-0.05, 0) is 42.8 Å². The molecule has 2 rings (SSSR count). The average Bonchev–Trinajstić information content (AvgIpc) is 2.57. The molecule has 4 nitrogen and oxygen atoms in total. The summed E-state index contributed by atoms with van der Waals surface area (Å²) in [5.74, 6) is -0.466. The number of carbonyl (C=O) groups excluding carboxylic acids is 1. The second-order valence-corrected chi connectivity index (χ2v) is 6.09. The first-order chi connectivity index (χ1) is 11.8. The quantitative estimate of drug-likeness (QED) is 0.562. The van der Waals surface area contributed by atoms with Crippen LogP contribution in [0.2, 0.25) is 0 Å². The van der Waals surface area contributed by atoms with E-state index >= 15 is 0 Å². The number of benzene rings is 2. The van der Waals surface area contributed by atoms with Gasteiger partial charge in [0.05, 0.1) is 17.8 Å². The van der Waals surface area contributed by atoms with E-state index in [1.54, 1.807) is 6.92 Å². The van der Waals surface area contributed by atoms with Crippen LogP contribution < -0.4 is 10.7 Å². The van der Waals surface area contributed by atoms with Gasteiger partial charge in [-0.25, -0.2) is 5.43 Å². The molecule has 0 atom stereocenters. The summed E-state index contributed by atoms with van der Waals surface area (Å²) in [5, 5.41) is 6.62. The normalized spacial score (nSPS) is 12.0. The molecule has 0 saturated carbocycles. The molecule has 0 heterocycles. The van der Waals surface area contributed by atoms with E-state index in [2.05, 4.69) is 31.8 Å². The zero-order valence-corrected chi connectivity index (χ0v) is 14.8. The Hall–Kier alpha value is -2.35. The Morgan fingerprint density at radius 3 is 2.56 bits per heavy atom. The van der Waals surface area contributed by atoms with Gasteiger partial charge in [0.1, 0.15) is 0 Å². The molecule has 0 aliphatic heterocycles. The second kappa shape index (κ2) is 8.15. The van der Waals surface area contributed by atoms with Crippen LogP contribution in [0.3, 0.4) is 0 Å². The van der Waals surface area contributed by atoms with Crippen LogP contribution in [0.15, 0.2) is 58.1 Å². The molecule has 132 valence electrons. The van der Waals surface area contributed by atoms with Gasteiger partial charge in [0.2, 0.25) is 0 Å². The Bertz CT molecular complexity index is 791. The van der Waals surface area contributed by atoms with E-state index in [4.69, 9.17) is 0 Å². The minimum atomic E-state index is -4.43. The standard InChI is InChI=1S/C17H15BrF3N3O/c1-11(12-4-2-6-14(18)8-12)23-24-16(25)10-22-15-7-3-5-13(9-15)17(19,20)21/h2-9,22H,10H2,1H3,(H,24,25)/b23-11-. The predicted molar refractivity (Wildman–Crippen MR) is 94.4 cm³/mol. The number of hydrazone groups is 1. The number of hydrogen-bond donors (Lipinski definition) is 2. The van der Waals surface area contributed by atoms with Crippen molar-refractivity contribution in [1.82, 2.24) is 5.43 Å². The van der Waals surface area contributed by atoms with Crippen LogP contribution in [0.25, 0.3) is 0 Å². The third kappa shape index (κ3) is 5.90. The lowest BCUT2D eigenvalue weighted by Gasteiger charge is -2.10. The van der Waals surface area contributed by atoms with Crippen molar-refractivity contribution < 1.29 is 18.0 Å². The van der Waals surface area contributed by atoms with E-state index in [9.17, 15) is 18.0 Å². The smallest absolute Gasteiger partial charge is 0.376 e. The molecule has 0 aliphatic rings. The molecule has 1 amide bonds. The molecular weight excluding hydrogens is 399 g/mol. The summed E-state index contributed by atoms with van der Waals surface area (Å²) in [6.07, 6.45) is -4.43. The van der Waals surface area contributed by atoms with Crippen molar-refractivity contribution in [2.45, 2.75) is 13.1 Å². The van der Waals surface area contributed by atoms with Gasteiger partial charge in [0.15, 0.2) is 0 Å². The van der Waals surface area contributed by atoms with E-state index in [-0.39, 0.29) is 12.2 Å². The molecule has 0 aliphatic carbocycles. The molecule has 2 aromatic rings. The lowest BCUT2D eigenvalue weighted by molar-refractivity contribution is -0.137. The SMILES string of the molecule is C/C(=N/NC(=O)CNc1cccc(C(F)(F)F)c1)c1cccc(Br)c1. The molecule has 0 unspecified atom stereocenters. The number of carbonyl (C=O) groups is 1. The van der Waals surface area contributed by atoms with E-state index in [0.717, 1.165) is 22.2 Å². The molecule has 2 aromatic carbocycles. The number of nitrogens with zero attached hydrogens (tertiary/aromatic N) is 1. The minimum absolute atomic E-state index is 0.198. The summed E-state index contributed by atoms with van der Waals surface area (Å²) in [6.45, 7) is 1.54. The van der Waals surface area contributed by atoms with Crippen LogP contribution in [0.5, 0.6) is 0 Å². The first kappa shape index (κ1) is 19.0. The summed E-state index contributed by atoms with van der Waals surface area (Å²) in [5.41, 5.74) is 3.23. The summed E-state index contributed by atoms with van der Waals surface area (Å²) < 4.78 is 38.8. The number of alkyl halides is 3. The van der Waals surface area contributed by atoms with Gasteiger partial charge in [-0.1, -0.05) is 34.1 Å². The number of rotatable bonds is 5. The molecular formula is C17H15BrF3N3O. The summed E-state index contributed by atoms with van der Waals surface area (Å²) in [6, 6.07) is 12.1. The molecule has 0 saturated heterocycles. The van der Waals surface area contributed by atoms with Gasteiger partial charge >= 0.3 is 6.18 Å². The van der Waals surface area contributed by atoms with Crippen molar-refractivity contribution in [2.75, 3.05) is 11.9 Å². The largest absolute Gasteiger partial charge is 0.416 e. The van der Waals surface area contributed by atoms with Gasteiger partial charge < -0.3 is 5.32 Å². The van der Waals surface area contributed by atoms with E-state index in [0.29, 0.717) is 5.71 Å². The van der Waals surface area contributed by atoms with Crippen LogP contribution in [0, 0.1) is 0 Å². The topological polar surface area (TPSA) is 53.5 Å². The number of halogens is 4. The lowest BCUT2D eigenvalue weighted by Crippen LogP contribution is -2.26. The summed E-state index contributed by atoms with van der Waals surface area (Å²) >= 11 is 3.35. The fourth-order valence-electron chi connectivity index (χ4n) is 1.95. The third-order valence-electron chi connectivity index (χ3n) is 3.23. The average molecular weight is 414 g/mol. The van der Waals surface area contributed by atoms with Crippen LogP contribution in [-0.4, -0.2) is 18.2 Å². The number of amides is 1. The van der Waals surface area contributed by atoms with Gasteiger partial charge in [-0.2, -0.15) is 18.3 Å². The molecule has 8 heteroatoms. The second-order valence-electron chi connectivity index (χ2n) is 5.17. The van der Waals surface area contributed by atoms with Gasteiger partial charge in [-0.15, -0.1) is 0 Å². The maximum Gasteiger partial charge on any atom is 0.416 e. The molecule has 25 heavy (non-hydrogen) atoms. The maximum atomic E-state index is 12.6. The van der Waals surface area contributed by atoms with Crippen LogP contribution in [0.4, 0.5) is 18.9 Å². The number of anilines is 1. The Morgan fingerprint density at radius 1 is 1.16 bits per heavy atom. The predicted octanol–water partition coefficient (Wildman–Crippen LogP) is 4.42. The zero-order chi connectivity index (χ0) is 18.4. The van der Waals surface area contributed by atoms with Crippen molar-refractivity contribution in [3.8, 4) is 0 Å². The zero-order valence-electron chi connectivity index (χ0n) is 13.2. The van der Waals surface area contributed by atoms with Crippen LogP contribution in [0.1, 0.15) is 18.1 Å². The van der Waals surface area contributed by atoms with Crippen molar-refractivity contribution in [2.24, 2.45) is 5.10 Å². The van der Waals surface area contributed by atoms with Crippen molar-refractivity contribution in [1.29, 1.82) is 0 Å². The fourth-order valence-corrected chi connectivity index (χ4v) is 2.35. The molecule has 0 aromatic heterocycles. The molecule has 0 spiro atoms. The Balaban J connectivity index is 1.92. The van der Waals surface area contributed by atoms with Gasteiger partial charge in [0.25, 0.3) is 5.91 Å². The summed E-state index contributed by atoms with van der Waals surface area (Å²) in [7, 11) is 0. The molecule has 0 bridgehead atoms. The molecule has 0 fully saturated rings. The Labute approximate surface area is 151 Å². The first-order valence-corrected chi connectivity index (χ1v) is 8.05. The number of hydrogen-bond acceptors (Lipinski definition) is 3. The van der Waals surface area contributed by atoms with E-state index in [1.165, 1.54) is 12.1 Å². The van der Waals surface area contributed by atoms with Crippen LogP contribution >= 0.6 is 15.9 Å². The van der Waals surface area contributed by atoms with Crippen LogP contribution in [-0.2, 0) is 11.0 Å². The van der Waals surface area contributed by atoms with E-state index < -0.39 is 17.6 Å². The highest BCUT2D eigenvalue weighted by Gasteiger charge is 2.30. The highest BCUT2D eigenvalue weighted by atomic mass is 79.9. The maximum absolute atomic E-state index is 12.6.